The van der Waals surface area contributed by atoms with Crippen molar-refractivity contribution in [3.05, 3.63) is 59.0 Å². The summed E-state index contributed by atoms with van der Waals surface area (Å²) in [5.41, 5.74) is 9.06. The molecule has 0 aromatic carbocycles. The van der Waals surface area contributed by atoms with E-state index in [9.17, 15) is 0 Å². The van der Waals surface area contributed by atoms with E-state index in [0.717, 1.165) is 36.7 Å². The Bertz CT molecular complexity index is 800. The van der Waals surface area contributed by atoms with Crippen molar-refractivity contribution >= 4 is 23.9 Å². The van der Waals surface area contributed by atoms with Crippen molar-refractivity contribution in [2.45, 2.75) is 45.7 Å². The van der Waals surface area contributed by atoms with Gasteiger partial charge in [0.05, 0.1) is 17.6 Å². The van der Waals surface area contributed by atoms with E-state index in [2.05, 4.69) is 34.0 Å². The lowest BCUT2D eigenvalue weighted by Crippen LogP contribution is -2.19. The lowest BCUT2D eigenvalue weighted by molar-refractivity contribution is 0.257. The third-order valence-electron chi connectivity index (χ3n) is 4.45. The molecule has 0 bridgehead atoms. The van der Waals surface area contributed by atoms with Gasteiger partial charge in [-0.2, -0.15) is 5.10 Å². The zero-order valence-corrected chi connectivity index (χ0v) is 18.0. The van der Waals surface area contributed by atoms with Gasteiger partial charge in [0.2, 0.25) is 0 Å². The Morgan fingerprint density at radius 3 is 2.86 bits per heavy atom. The van der Waals surface area contributed by atoms with Gasteiger partial charge in [-0.15, -0.1) is 0 Å². The summed E-state index contributed by atoms with van der Waals surface area (Å²) in [5.74, 6) is 0. The number of hydrogen-bond acceptors (Lipinski definition) is 6. The molecule has 1 fully saturated rings. The van der Waals surface area contributed by atoms with Crippen LogP contribution in [0.5, 0.6) is 0 Å². The van der Waals surface area contributed by atoms with E-state index < -0.39 is 0 Å². The third kappa shape index (κ3) is 7.89. The first kappa shape index (κ1) is 22.9. The number of hydrogen-bond donors (Lipinski definition) is 3. The van der Waals surface area contributed by atoms with Crippen molar-refractivity contribution in [2.24, 2.45) is 10.7 Å². The molecule has 8 heteroatoms. The second-order valence-electron chi connectivity index (χ2n) is 6.95. The third-order valence-corrected chi connectivity index (χ3v) is 4.65. The number of ether oxygens (including phenoxy) is 1. The van der Waals surface area contributed by atoms with Crippen molar-refractivity contribution < 1.29 is 4.74 Å². The molecule has 0 saturated heterocycles. The van der Waals surface area contributed by atoms with Gasteiger partial charge >= 0.3 is 0 Å². The van der Waals surface area contributed by atoms with Gasteiger partial charge in [-0.05, 0) is 58.0 Å². The molecule has 1 aliphatic rings. The highest BCUT2D eigenvalue weighted by molar-refractivity contribution is 6.29. The maximum atomic E-state index is 6.28. The second-order valence-corrected chi connectivity index (χ2v) is 7.51. The van der Waals surface area contributed by atoms with E-state index >= 15 is 0 Å². The van der Waals surface area contributed by atoms with Crippen molar-refractivity contribution in [1.82, 2.24) is 20.4 Å². The number of allylic oxidation sites excluding steroid dienone is 3. The van der Waals surface area contributed by atoms with Crippen LogP contribution < -0.4 is 16.4 Å². The highest BCUT2D eigenvalue weighted by Crippen LogP contribution is 2.20. The molecule has 1 aromatic heterocycles. The average Bonchev–Trinajstić information content (AvgIpc) is 3.40. The van der Waals surface area contributed by atoms with Crippen LogP contribution in [-0.4, -0.2) is 35.8 Å². The zero-order valence-electron chi connectivity index (χ0n) is 17.2. The maximum Gasteiger partial charge on any atom is 0.136 e. The van der Waals surface area contributed by atoms with Crippen LogP contribution in [-0.2, 0) is 11.3 Å². The first-order valence-corrected chi connectivity index (χ1v) is 10.1. The fourth-order valence-corrected chi connectivity index (χ4v) is 2.70. The van der Waals surface area contributed by atoms with E-state index in [0.29, 0.717) is 22.1 Å². The first-order chi connectivity index (χ1) is 13.9. The van der Waals surface area contributed by atoms with Gasteiger partial charge in [-0.1, -0.05) is 18.2 Å². The van der Waals surface area contributed by atoms with Crippen molar-refractivity contribution in [3.8, 4) is 0 Å². The van der Waals surface area contributed by atoms with Gasteiger partial charge in [-0.3, -0.25) is 15.4 Å². The smallest absolute Gasteiger partial charge is 0.136 e. The Labute approximate surface area is 178 Å². The molecule has 0 spiro atoms. The zero-order chi connectivity index (χ0) is 21.2. The predicted molar refractivity (Wildman–Crippen MR) is 120 cm³/mol. The van der Waals surface area contributed by atoms with Gasteiger partial charge in [0.15, 0.2) is 0 Å². The number of aryl methyl sites for hydroxylation is 1. The summed E-state index contributed by atoms with van der Waals surface area (Å²) < 4.78 is 7.03. The van der Waals surface area contributed by atoms with Gasteiger partial charge < -0.3 is 15.4 Å². The first-order valence-electron chi connectivity index (χ1n) is 9.70. The minimum absolute atomic E-state index is 0.0448. The molecule has 0 aliphatic heterocycles. The molecule has 1 aromatic rings. The largest absolute Gasteiger partial charge is 0.484 e. The van der Waals surface area contributed by atoms with Gasteiger partial charge in [0.25, 0.3) is 0 Å². The van der Waals surface area contributed by atoms with Crippen molar-refractivity contribution in [3.63, 3.8) is 0 Å². The fourth-order valence-electron chi connectivity index (χ4n) is 2.60. The van der Waals surface area contributed by atoms with Crippen LogP contribution in [0.4, 0.5) is 0 Å². The maximum absolute atomic E-state index is 6.28. The number of nitrogens with zero attached hydrogens (tertiary/aromatic N) is 3. The molecule has 1 heterocycles. The van der Waals surface area contributed by atoms with E-state index in [1.54, 1.807) is 6.92 Å². The molecular weight excluding hydrogens is 388 g/mol. The summed E-state index contributed by atoms with van der Waals surface area (Å²) in [6, 6.07) is 0.744. The fraction of sp³-hybridized carbons (Fsp3) is 0.429. The lowest BCUT2D eigenvalue weighted by Gasteiger charge is -2.13. The highest BCUT2D eigenvalue weighted by atomic mass is 35.5. The monoisotopic (exact) mass is 418 g/mol. The standard InChI is InChI=1S/C21H31ClN6O/c1-15(18-11-26-28(12-18)9-5-8-25-19-6-7-19)10-20(16(2)22)27-17(3)21(24-4)13-29-14-23/h10-13,19,25,27H,3-9,14,23H2,1-2H3/b15-10+,20-16-,21-13-. The van der Waals surface area contributed by atoms with Crippen molar-refractivity contribution in [2.75, 3.05) is 13.3 Å². The van der Waals surface area contributed by atoms with Crippen LogP contribution in [0.25, 0.3) is 5.57 Å². The Balaban J connectivity index is 1.99. The molecule has 1 saturated carbocycles. The van der Waals surface area contributed by atoms with E-state index in [4.69, 9.17) is 22.1 Å². The number of aromatic nitrogens is 2. The highest BCUT2D eigenvalue weighted by Gasteiger charge is 2.19. The molecule has 0 amide bonds. The Morgan fingerprint density at radius 1 is 1.48 bits per heavy atom. The summed E-state index contributed by atoms with van der Waals surface area (Å²) in [6.07, 6.45) is 10.9. The number of rotatable bonds is 13. The average molecular weight is 419 g/mol. The molecule has 0 unspecified atom stereocenters. The van der Waals surface area contributed by atoms with Gasteiger partial charge in [0.1, 0.15) is 18.7 Å². The van der Waals surface area contributed by atoms with E-state index in [-0.39, 0.29) is 6.73 Å². The molecule has 29 heavy (non-hydrogen) atoms. The number of halogens is 1. The summed E-state index contributed by atoms with van der Waals surface area (Å²) in [7, 11) is 0. The minimum Gasteiger partial charge on any atom is -0.484 e. The molecule has 7 nitrogen and oxygen atoms in total. The summed E-state index contributed by atoms with van der Waals surface area (Å²) >= 11 is 6.28. The molecule has 0 atom stereocenters. The van der Waals surface area contributed by atoms with Gasteiger partial charge in [0, 0.05) is 29.4 Å². The van der Waals surface area contributed by atoms with Gasteiger partial charge in [-0.25, -0.2) is 0 Å². The summed E-state index contributed by atoms with van der Waals surface area (Å²) in [6.45, 7) is 13.3. The van der Waals surface area contributed by atoms with Crippen molar-refractivity contribution in [1.29, 1.82) is 0 Å². The van der Waals surface area contributed by atoms with Crippen LogP contribution in [0.3, 0.4) is 0 Å². The molecule has 0 radical (unpaired) electrons. The molecule has 158 valence electrons. The quantitative estimate of drug-likeness (QED) is 0.150. The predicted octanol–water partition coefficient (Wildman–Crippen LogP) is 3.48. The lowest BCUT2D eigenvalue weighted by atomic mass is 10.1. The molecule has 2 rings (SSSR count). The van der Waals surface area contributed by atoms with Crippen LogP contribution in [0, 0.1) is 0 Å². The summed E-state index contributed by atoms with van der Waals surface area (Å²) in [5, 5.41) is 11.7. The Hall–Kier alpha value is -2.35. The minimum atomic E-state index is 0.0448. The number of aliphatic imine (C=N–C) groups is 1. The van der Waals surface area contributed by atoms with Crippen LogP contribution >= 0.6 is 11.6 Å². The topological polar surface area (TPSA) is 89.5 Å². The molecule has 1 aliphatic carbocycles. The number of nitrogens with two attached hydrogens (primary N) is 1. The Kier molecular flexibility index (Phi) is 9.18. The van der Waals surface area contributed by atoms with Crippen LogP contribution in [0.1, 0.15) is 38.7 Å². The SMILES string of the molecule is C=N/C(=C\OCN)C(=C)NC(/C=C(\C)c1cnn(CCCNC2CC2)c1)=C(/C)Cl. The normalized spacial score (nSPS) is 15.7. The molecule has 4 N–H and O–H groups in total. The van der Waals surface area contributed by atoms with Crippen LogP contribution in [0.15, 0.2) is 58.4 Å². The van der Waals surface area contributed by atoms with E-state index in [1.165, 1.54) is 19.1 Å². The van der Waals surface area contributed by atoms with Crippen LogP contribution in [0.2, 0.25) is 0 Å². The Morgan fingerprint density at radius 2 is 2.24 bits per heavy atom. The molecular formula is C21H31ClN6O. The number of nitrogens with one attached hydrogen (secondary N) is 2. The second kappa shape index (κ2) is 11.6. The summed E-state index contributed by atoms with van der Waals surface area (Å²) in [4.78, 5) is 3.89. The van der Waals surface area contributed by atoms with E-state index in [1.807, 2.05) is 30.1 Å².